The molecule has 5 nitrogen and oxygen atoms in total. The molecular formula is C16H25N3O2S. The average molecular weight is 323 g/mol. The van der Waals surface area contributed by atoms with E-state index in [1.165, 1.54) is 5.56 Å². The number of nitrogens with one attached hydrogen (secondary N) is 1. The second-order valence-corrected chi connectivity index (χ2v) is 6.87. The van der Waals surface area contributed by atoms with Gasteiger partial charge in [-0.15, -0.1) is 0 Å². The van der Waals surface area contributed by atoms with Gasteiger partial charge in [-0.1, -0.05) is 0 Å². The fraction of sp³-hybridized carbons (Fsp3) is 0.688. The third kappa shape index (κ3) is 3.62. The molecule has 2 fully saturated rings. The average Bonchev–Trinajstić information content (AvgIpc) is 3.23. The number of ether oxygens (including phenoxy) is 1. The van der Waals surface area contributed by atoms with Gasteiger partial charge in [0, 0.05) is 32.2 Å². The van der Waals surface area contributed by atoms with Crippen LogP contribution in [0.3, 0.4) is 0 Å². The quantitative estimate of drug-likeness (QED) is 0.925. The summed E-state index contributed by atoms with van der Waals surface area (Å²) in [6.07, 6.45) is 2.16. The van der Waals surface area contributed by atoms with Crippen LogP contribution in [-0.2, 0) is 4.74 Å². The molecule has 0 unspecified atom stereocenters. The topological polar surface area (TPSA) is 44.8 Å². The Balaban J connectivity index is 1.50. The molecule has 2 amide bonds. The maximum absolute atomic E-state index is 12.5. The van der Waals surface area contributed by atoms with Crippen LogP contribution < -0.4 is 5.32 Å². The summed E-state index contributed by atoms with van der Waals surface area (Å²) in [4.78, 5) is 16.9. The Kier molecular flexibility index (Phi) is 5.33. The largest absolute Gasteiger partial charge is 0.379 e. The van der Waals surface area contributed by atoms with Crippen molar-refractivity contribution >= 4 is 17.4 Å². The Labute approximate surface area is 136 Å². The van der Waals surface area contributed by atoms with Gasteiger partial charge in [-0.3, -0.25) is 4.90 Å². The normalized spacial score (nSPS) is 24.4. The fourth-order valence-electron chi connectivity index (χ4n) is 3.30. The highest BCUT2D eigenvalue weighted by atomic mass is 32.1. The second kappa shape index (κ2) is 7.44. The highest BCUT2D eigenvalue weighted by molar-refractivity contribution is 7.07. The highest BCUT2D eigenvalue weighted by Crippen LogP contribution is 2.32. The van der Waals surface area contributed by atoms with E-state index in [2.05, 4.69) is 34.0 Å². The molecule has 1 aromatic rings. The zero-order chi connectivity index (χ0) is 15.4. The van der Waals surface area contributed by atoms with Crippen molar-refractivity contribution in [3.8, 4) is 0 Å². The monoisotopic (exact) mass is 323 g/mol. The van der Waals surface area contributed by atoms with Crippen molar-refractivity contribution in [3.63, 3.8) is 0 Å². The summed E-state index contributed by atoms with van der Waals surface area (Å²) in [7, 11) is 0. The van der Waals surface area contributed by atoms with Crippen LogP contribution >= 0.6 is 11.3 Å². The lowest BCUT2D eigenvalue weighted by Crippen LogP contribution is -2.49. The molecule has 22 heavy (non-hydrogen) atoms. The van der Waals surface area contributed by atoms with E-state index in [4.69, 9.17) is 4.74 Å². The van der Waals surface area contributed by atoms with E-state index in [0.29, 0.717) is 12.6 Å². The summed E-state index contributed by atoms with van der Waals surface area (Å²) in [6.45, 7) is 7.24. The van der Waals surface area contributed by atoms with Gasteiger partial charge >= 0.3 is 6.03 Å². The number of urea groups is 1. The van der Waals surface area contributed by atoms with E-state index < -0.39 is 0 Å². The van der Waals surface area contributed by atoms with Gasteiger partial charge in [-0.25, -0.2) is 4.79 Å². The van der Waals surface area contributed by atoms with Crippen molar-refractivity contribution in [2.24, 2.45) is 0 Å². The van der Waals surface area contributed by atoms with Gasteiger partial charge in [0.2, 0.25) is 0 Å². The number of nitrogens with zero attached hydrogens (tertiary/aromatic N) is 2. The third-order valence-electron chi connectivity index (χ3n) is 4.66. The number of carbonyl (C=O) groups is 1. The van der Waals surface area contributed by atoms with E-state index >= 15 is 0 Å². The number of morpholine rings is 1. The SMILES string of the molecule is C[C@@H](CNC(=O)N1CCC[C@@H]1c1ccsc1)N1CCOCC1. The first-order valence-corrected chi connectivity index (χ1v) is 9.08. The molecule has 2 atom stereocenters. The molecule has 0 spiro atoms. The lowest BCUT2D eigenvalue weighted by molar-refractivity contribution is 0.0206. The maximum atomic E-state index is 12.5. The molecule has 0 saturated carbocycles. The van der Waals surface area contributed by atoms with E-state index in [1.807, 2.05) is 4.90 Å². The van der Waals surface area contributed by atoms with E-state index in [0.717, 1.165) is 45.7 Å². The van der Waals surface area contributed by atoms with Gasteiger partial charge in [0.25, 0.3) is 0 Å². The van der Waals surface area contributed by atoms with E-state index in [-0.39, 0.29) is 12.1 Å². The van der Waals surface area contributed by atoms with Crippen molar-refractivity contribution in [2.45, 2.75) is 31.8 Å². The molecule has 0 bridgehead atoms. The van der Waals surface area contributed by atoms with Crippen LogP contribution in [0.5, 0.6) is 0 Å². The first-order valence-electron chi connectivity index (χ1n) is 8.14. The molecule has 3 rings (SSSR count). The van der Waals surface area contributed by atoms with Crippen LogP contribution in [0.2, 0.25) is 0 Å². The Hall–Kier alpha value is -1.11. The summed E-state index contributed by atoms with van der Waals surface area (Å²) in [5.41, 5.74) is 1.28. The van der Waals surface area contributed by atoms with Crippen molar-refractivity contribution in [1.29, 1.82) is 0 Å². The van der Waals surface area contributed by atoms with Gasteiger partial charge in [0.05, 0.1) is 19.3 Å². The van der Waals surface area contributed by atoms with Gasteiger partial charge in [-0.05, 0) is 42.2 Å². The van der Waals surface area contributed by atoms with E-state index in [9.17, 15) is 4.79 Å². The van der Waals surface area contributed by atoms with Crippen LogP contribution in [0.4, 0.5) is 4.79 Å². The minimum atomic E-state index is 0.0776. The third-order valence-corrected chi connectivity index (χ3v) is 5.36. The fourth-order valence-corrected chi connectivity index (χ4v) is 4.01. The molecule has 0 aliphatic carbocycles. The standard InChI is InChI=1S/C16H25N3O2S/c1-13(18-6-8-21-9-7-18)11-17-16(20)19-5-2-3-15(19)14-4-10-22-12-14/h4,10,12-13,15H,2-3,5-9,11H2,1H3,(H,17,20)/t13-,15+/m0/s1. The van der Waals surface area contributed by atoms with Crippen molar-refractivity contribution in [3.05, 3.63) is 22.4 Å². The van der Waals surface area contributed by atoms with Gasteiger partial charge in [0.15, 0.2) is 0 Å². The van der Waals surface area contributed by atoms with Crippen LogP contribution in [0.15, 0.2) is 16.8 Å². The van der Waals surface area contributed by atoms with Crippen molar-refractivity contribution in [2.75, 3.05) is 39.4 Å². The number of hydrogen-bond acceptors (Lipinski definition) is 4. The number of amides is 2. The predicted molar refractivity (Wildman–Crippen MR) is 88.3 cm³/mol. The Bertz CT molecular complexity index is 474. The number of hydrogen-bond donors (Lipinski definition) is 1. The van der Waals surface area contributed by atoms with Gasteiger partial charge < -0.3 is 15.0 Å². The van der Waals surface area contributed by atoms with E-state index in [1.54, 1.807) is 11.3 Å². The van der Waals surface area contributed by atoms with Crippen LogP contribution in [0.25, 0.3) is 0 Å². The molecule has 3 heterocycles. The molecule has 2 aliphatic heterocycles. The predicted octanol–water partition coefficient (Wildman–Crippen LogP) is 2.32. The minimum absolute atomic E-state index is 0.0776. The van der Waals surface area contributed by atoms with Crippen molar-refractivity contribution in [1.82, 2.24) is 15.1 Å². The Morgan fingerprint density at radius 1 is 1.45 bits per heavy atom. The van der Waals surface area contributed by atoms with Crippen LogP contribution in [0, 0.1) is 0 Å². The molecule has 6 heteroatoms. The Morgan fingerprint density at radius 3 is 3.00 bits per heavy atom. The van der Waals surface area contributed by atoms with Crippen LogP contribution in [-0.4, -0.2) is 61.3 Å². The van der Waals surface area contributed by atoms with Gasteiger partial charge in [0.1, 0.15) is 0 Å². The summed E-state index contributed by atoms with van der Waals surface area (Å²) in [6, 6.07) is 2.82. The smallest absolute Gasteiger partial charge is 0.317 e. The number of carbonyl (C=O) groups excluding carboxylic acids is 1. The number of likely N-dealkylation sites (tertiary alicyclic amines) is 1. The van der Waals surface area contributed by atoms with Gasteiger partial charge in [-0.2, -0.15) is 11.3 Å². The lowest BCUT2D eigenvalue weighted by Gasteiger charge is -2.33. The Morgan fingerprint density at radius 2 is 2.27 bits per heavy atom. The first-order chi connectivity index (χ1) is 10.8. The number of rotatable bonds is 4. The summed E-state index contributed by atoms with van der Waals surface area (Å²) >= 11 is 1.70. The molecule has 1 N–H and O–H groups in total. The van der Waals surface area contributed by atoms with Crippen molar-refractivity contribution < 1.29 is 9.53 Å². The maximum Gasteiger partial charge on any atom is 0.317 e. The molecule has 0 radical (unpaired) electrons. The molecule has 1 aromatic heterocycles. The zero-order valence-corrected chi connectivity index (χ0v) is 14.0. The first kappa shape index (κ1) is 15.8. The molecular weight excluding hydrogens is 298 g/mol. The summed E-state index contributed by atoms with van der Waals surface area (Å²) in [5.74, 6) is 0. The lowest BCUT2D eigenvalue weighted by atomic mass is 10.1. The zero-order valence-electron chi connectivity index (χ0n) is 13.2. The summed E-state index contributed by atoms with van der Waals surface area (Å²) < 4.78 is 5.38. The second-order valence-electron chi connectivity index (χ2n) is 6.09. The summed E-state index contributed by atoms with van der Waals surface area (Å²) in [5, 5.41) is 7.37. The molecule has 2 aliphatic rings. The molecule has 122 valence electrons. The molecule has 0 aromatic carbocycles. The number of thiophene rings is 1. The molecule has 2 saturated heterocycles. The highest BCUT2D eigenvalue weighted by Gasteiger charge is 2.30. The van der Waals surface area contributed by atoms with Crippen LogP contribution in [0.1, 0.15) is 31.4 Å². The minimum Gasteiger partial charge on any atom is -0.379 e.